The molecule has 2 N–H and O–H groups in total. The average molecular weight is 256 g/mol. The van der Waals surface area contributed by atoms with Crippen molar-refractivity contribution >= 4 is 16.9 Å². The molecule has 4 nitrogen and oxygen atoms in total. The number of hydrogen-bond donors (Lipinski definition) is 2. The molecule has 0 saturated carbocycles. The maximum absolute atomic E-state index is 12.9. The molecule has 0 saturated heterocycles. The zero-order valence-corrected chi connectivity index (χ0v) is 9.72. The van der Waals surface area contributed by atoms with Gasteiger partial charge in [0.2, 0.25) is 0 Å². The van der Waals surface area contributed by atoms with Gasteiger partial charge in [-0.25, -0.2) is 9.18 Å². The van der Waals surface area contributed by atoms with Crippen LogP contribution in [0.2, 0.25) is 0 Å². The summed E-state index contributed by atoms with van der Waals surface area (Å²) in [5.74, 6) is -1.36. The monoisotopic (exact) mass is 256 g/mol. The van der Waals surface area contributed by atoms with Crippen LogP contribution in [0.1, 0.15) is 10.4 Å². The van der Waals surface area contributed by atoms with Crippen LogP contribution in [0.4, 0.5) is 4.39 Å². The highest BCUT2D eigenvalue weighted by atomic mass is 19.1. The summed E-state index contributed by atoms with van der Waals surface area (Å²) in [4.78, 5) is 11.2. The molecular weight excluding hydrogens is 247 g/mol. The number of H-pyrrole nitrogens is 1. The molecule has 1 aromatic heterocycles. The lowest BCUT2D eigenvalue weighted by atomic mass is 10.0. The molecule has 0 atom stereocenters. The zero-order valence-electron chi connectivity index (χ0n) is 9.72. The number of aromatic nitrogens is 2. The number of aromatic amines is 1. The van der Waals surface area contributed by atoms with E-state index >= 15 is 0 Å². The summed E-state index contributed by atoms with van der Waals surface area (Å²) >= 11 is 0. The van der Waals surface area contributed by atoms with E-state index in [0.717, 1.165) is 0 Å². The number of nitrogens with zero attached hydrogens (tertiary/aromatic N) is 1. The fraction of sp³-hybridized carbons (Fsp3) is 0. The second kappa shape index (κ2) is 4.20. The first-order valence-electron chi connectivity index (χ1n) is 5.63. The number of carboxylic acid groups (broad SMARTS) is 1. The Hall–Kier alpha value is -2.69. The highest BCUT2D eigenvalue weighted by Gasteiger charge is 2.15. The standard InChI is InChI=1S/C14H9FN2O2/c15-9-6-4-8(5-7-9)13-12-10(14(18)19)2-1-3-11(12)16-17-13/h1-7H,(H,16,17)(H,18,19). The number of hydrogen-bond acceptors (Lipinski definition) is 2. The number of carboxylic acids is 1. The third kappa shape index (κ3) is 1.85. The van der Waals surface area contributed by atoms with Crippen LogP contribution < -0.4 is 0 Å². The topological polar surface area (TPSA) is 66.0 Å². The smallest absolute Gasteiger partial charge is 0.336 e. The Morgan fingerprint density at radius 3 is 2.58 bits per heavy atom. The SMILES string of the molecule is O=C(O)c1cccc2[nH]nc(-c3ccc(F)cc3)c12. The van der Waals surface area contributed by atoms with Gasteiger partial charge in [-0.15, -0.1) is 0 Å². The Labute approximate surface area is 107 Å². The van der Waals surface area contributed by atoms with Crippen molar-refractivity contribution in [3.05, 3.63) is 53.8 Å². The first kappa shape index (κ1) is 11.4. The van der Waals surface area contributed by atoms with E-state index in [-0.39, 0.29) is 11.4 Å². The number of nitrogens with one attached hydrogen (secondary N) is 1. The van der Waals surface area contributed by atoms with Gasteiger partial charge in [-0.3, -0.25) is 5.10 Å². The largest absolute Gasteiger partial charge is 0.478 e. The predicted octanol–water partition coefficient (Wildman–Crippen LogP) is 3.07. The third-order valence-corrected chi connectivity index (χ3v) is 2.94. The molecule has 5 heteroatoms. The average Bonchev–Trinajstić information content (AvgIpc) is 2.83. The van der Waals surface area contributed by atoms with Crippen LogP contribution in [0, 0.1) is 5.82 Å². The summed E-state index contributed by atoms with van der Waals surface area (Å²) in [6.45, 7) is 0. The Kier molecular flexibility index (Phi) is 2.52. The number of benzene rings is 2. The van der Waals surface area contributed by atoms with Gasteiger partial charge < -0.3 is 5.11 Å². The van der Waals surface area contributed by atoms with Gasteiger partial charge in [0.15, 0.2) is 0 Å². The predicted molar refractivity (Wildman–Crippen MR) is 68.4 cm³/mol. The van der Waals surface area contributed by atoms with Crippen molar-refractivity contribution in [3.8, 4) is 11.3 Å². The first-order valence-corrected chi connectivity index (χ1v) is 5.63. The van der Waals surface area contributed by atoms with Crippen LogP contribution in [-0.4, -0.2) is 21.3 Å². The van der Waals surface area contributed by atoms with E-state index in [4.69, 9.17) is 0 Å². The Morgan fingerprint density at radius 2 is 1.89 bits per heavy atom. The van der Waals surface area contributed by atoms with Crippen LogP contribution in [-0.2, 0) is 0 Å². The van der Waals surface area contributed by atoms with E-state index in [9.17, 15) is 14.3 Å². The summed E-state index contributed by atoms with van der Waals surface area (Å²) in [6, 6.07) is 10.7. The zero-order chi connectivity index (χ0) is 13.4. The van der Waals surface area contributed by atoms with Gasteiger partial charge in [0, 0.05) is 10.9 Å². The molecular formula is C14H9FN2O2. The minimum Gasteiger partial charge on any atom is -0.478 e. The van der Waals surface area contributed by atoms with Gasteiger partial charge in [-0.2, -0.15) is 5.10 Å². The van der Waals surface area contributed by atoms with Crippen molar-refractivity contribution in [3.63, 3.8) is 0 Å². The van der Waals surface area contributed by atoms with Gasteiger partial charge in [-0.1, -0.05) is 6.07 Å². The molecule has 0 bridgehead atoms. The molecule has 0 amide bonds. The maximum Gasteiger partial charge on any atom is 0.336 e. The molecule has 0 spiro atoms. The maximum atomic E-state index is 12.9. The number of rotatable bonds is 2. The summed E-state index contributed by atoms with van der Waals surface area (Å²) in [6.07, 6.45) is 0. The lowest BCUT2D eigenvalue weighted by Crippen LogP contribution is -1.97. The van der Waals surface area contributed by atoms with Crippen molar-refractivity contribution in [1.29, 1.82) is 0 Å². The quantitative estimate of drug-likeness (QED) is 0.740. The number of halogens is 1. The molecule has 0 aliphatic carbocycles. The molecule has 3 rings (SSSR count). The molecule has 0 aliphatic heterocycles. The van der Waals surface area contributed by atoms with Crippen LogP contribution >= 0.6 is 0 Å². The summed E-state index contributed by atoms with van der Waals surface area (Å²) in [7, 11) is 0. The van der Waals surface area contributed by atoms with E-state index in [0.29, 0.717) is 22.2 Å². The summed E-state index contributed by atoms with van der Waals surface area (Å²) in [5.41, 5.74) is 1.99. The van der Waals surface area contributed by atoms with E-state index in [1.807, 2.05) is 0 Å². The van der Waals surface area contributed by atoms with E-state index in [1.54, 1.807) is 24.3 Å². The molecule has 1 heterocycles. The molecule has 19 heavy (non-hydrogen) atoms. The van der Waals surface area contributed by atoms with E-state index in [2.05, 4.69) is 10.2 Å². The molecule has 0 fully saturated rings. The third-order valence-electron chi connectivity index (χ3n) is 2.94. The minimum atomic E-state index is -1.02. The second-order valence-electron chi connectivity index (χ2n) is 4.11. The van der Waals surface area contributed by atoms with Crippen molar-refractivity contribution < 1.29 is 14.3 Å². The van der Waals surface area contributed by atoms with Gasteiger partial charge in [0.1, 0.15) is 11.5 Å². The molecule has 0 aliphatic rings. The lowest BCUT2D eigenvalue weighted by Gasteiger charge is -2.01. The first-order chi connectivity index (χ1) is 9.16. The second-order valence-corrected chi connectivity index (χ2v) is 4.11. The fourth-order valence-electron chi connectivity index (χ4n) is 2.07. The Bertz CT molecular complexity index is 763. The number of fused-ring (bicyclic) bond motifs is 1. The van der Waals surface area contributed by atoms with E-state index in [1.165, 1.54) is 18.2 Å². The molecule has 0 unspecified atom stereocenters. The van der Waals surface area contributed by atoms with Crippen LogP contribution in [0.25, 0.3) is 22.2 Å². The van der Waals surface area contributed by atoms with E-state index < -0.39 is 5.97 Å². The van der Waals surface area contributed by atoms with Gasteiger partial charge in [-0.05, 0) is 36.4 Å². The normalized spacial score (nSPS) is 10.8. The fourth-order valence-corrected chi connectivity index (χ4v) is 2.07. The number of aromatic carboxylic acids is 1. The van der Waals surface area contributed by atoms with Crippen molar-refractivity contribution in [2.24, 2.45) is 0 Å². The minimum absolute atomic E-state index is 0.172. The van der Waals surface area contributed by atoms with Crippen molar-refractivity contribution in [2.75, 3.05) is 0 Å². The molecule has 2 aromatic carbocycles. The van der Waals surface area contributed by atoms with Gasteiger partial charge in [0.05, 0.1) is 11.1 Å². The summed E-state index contributed by atoms with van der Waals surface area (Å²) in [5, 5.41) is 16.7. The lowest BCUT2D eigenvalue weighted by molar-refractivity contribution is 0.0699. The van der Waals surface area contributed by atoms with Gasteiger partial charge in [0.25, 0.3) is 0 Å². The molecule has 0 radical (unpaired) electrons. The van der Waals surface area contributed by atoms with Crippen LogP contribution in [0.5, 0.6) is 0 Å². The molecule has 3 aromatic rings. The summed E-state index contributed by atoms with van der Waals surface area (Å²) < 4.78 is 12.9. The van der Waals surface area contributed by atoms with Crippen molar-refractivity contribution in [2.45, 2.75) is 0 Å². The Balaban J connectivity index is 2.30. The highest BCUT2D eigenvalue weighted by molar-refractivity contribution is 6.08. The molecule has 94 valence electrons. The van der Waals surface area contributed by atoms with Gasteiger partial charge >= 0.3 is 5.97 Å². The van der Waals surface area contributed by atoms with Crippen molar-refractivity contribution in [1.82, 2.24) is 10.2 Å². The number of carbonyl (C=O) groups is 1. The van der Waals surface area contributed by atoms with Crippen LogP contribution in [0.15, 0.2) is 42.5 Å². The highest BCUT2D eigenvalue weighted by Crippen LogP contribution is 2.29. The van der Waals surface area contributed by atoms with Crippen LogP contribution in [0.3, 0.4) is 0 Å². The Morgan fingerprint density at radius 1 is 1.16 bits per heavy atom.